The molecule has 0 bridgehead atoms. The van der Waals surface area contributed by atoms with Gasteiger partial charge in [0.1, 0.15) is 5.76 Å². The van der Waals surface area contributed by atoms with Gasteiger partial charge in [-0.05, 0) is 36.9 Å². The van der Waals surface area contributed by atoms with Crippen LogP contribution in [0.2, 0.25) is 0 Å². The molecule has 90 valence electrons. The first-order valence-electron chi connectivity index (χ1n) is 5.62. The Hall–Kier alpha value is -1.65. The molecule has 0 fully saturated rings. The average molecular weight is 231 g/mol. The first kappa shape index (κ1) is 11.8. The van der Waals surface area contributed by atoms with Gasteiger partial charge in [0, 0.05) is 19.3 Å². The fraction of sp³-hybridized carbons (Fsp3) is 0.308. The van der Waals surface area contributed by atoms with Crippen molar-refractivity contribution in [2.45, 2.75) is 19.6 Å². The first-order valence-corrected chi connectivity index (χ1v) is 5.62. The third-order valence-electron chi connectivity index (χ3n) is 2.55. The standard InChI is InChI=1S/C13H17N3O/c1-16(10-13-3-2-6-17-13)9-11-4-5-15-12(7-11)8-14/h2-7H,8-10,14H2,1H3. The van der Waals surface area contributed by atoms with Crippen molar-refractivity contribution in [1.82, 2.24) is 9.88 Å². The average Bonchev–Trinajstić information content (AvgIpc) is 2.82. The number of rotatable bonds is 5. The molecule has 4 heteroatoms. The summed E-state index contributed by atoms with van der Waals surface area (Å²) in [4.78, 5) is 6.37. The van der Waals surface area contributed by atoms with Gasteiger partial charge in [0.2, 0.25) is 0 Å². The van der Waals surface area contributed by atoms with Gasteiger partial charge in [0.15, 0.2) is 0 Å². The highest BCUT2D eigenvalue weighted by atomic mass is 16.3. The second kappa shape index (κ2) is 5.61. The molecule has 0 atom stereocenters. The predicted molar refractivity (Wildman–Crippen MR) is 66.0 cm³/mol. The maximum atomic E-state index is 5.57. The predicted octanol–water partition coefficient (Wildman–Crippen LogP) is 1.77. The van der Waals surface area contributed by atoms with Crippen LogP contribution in [0.25, 0.3) is 0 Å². The Bertz CT molecular complexity index is 453. The van der Waals surface area contributed by atoms with Crippen molar-refractivity contribution >= 4 is 0 Å². The van der Waals surface area contributed by atoms with E-state index < -0.39 is 0 Å². The van der Waals surface area contributed by atoms with E-state index in [0.717, 1.165) is 24.5 Å². The van der Waals surface area contributed by atoms with E-state index >= 15 is 0 Å². The van der Waals surface area contributed by atoms with Crippen molar-refractivity contribution in [3.63, 3.8) is 0 Å². The molecule has 4 nitrogen and oxygen atoms in total. The molecule has 0 radical (unpaired) electrons. The summed E-state index contributed by atoms with van der Waals surface area (Å²) in [5.74, 6) is 0.973. The van der Waals surface area contributed by atoms with Crippen molar-refractivity contribution < 1.29 is 4.42 Å². The van der Waals surface area contributed by atoms with Gasteiger partial charge in [-0.2, -0.15) is 0 Å². The van der Waals surface area contributed by atoms with Gasteiger partial charge in [-0.3, -0.25) is 9.88 Å². The fourth-order valence-electron chi connectivity index (χ4n) is 1.77. The monoisotopic (exact) mass is 231 g/mol. The Balaban J connectivity index is 1.95. The molecule has 0 aliphatic rings. The van der Waals surface area contributed by atoms with Crippen LogP contribution >= 0.6 is 0 Å². The molecular formula is C13H17N3O. The lowest BCUT2D eigenvalue weighted by Crippen LogP contribution is -2.17. The summed E-state index contributed by atoms with van der Waals surface area (Å²) in [5.41, 5.74) is 7.71. The third-order valence-corrected chi connectivity index (χ3v) is 2.55. The number of nitrogens with zero attached hydrogens (tertiary/aromatic N) is 2. The Kier molecular flexibility index (Phi) is 3.90. The summed E-state index contributed by atoms with van der Waals surface area (Å²) in [6, 6.07) is 7.94. The summed E-state index contributed by atoms with van der Waals surface area (Å²) in [6.45, 7) is 2.14. The van der Waals surface area contributed by atoms with Gasteiger partial charge in [-0.15, -0.1) is 0 Å². The van der Waals surface area contributed by atoms with Gasteiger partial charge in [-0.25, -0.2) is 0 Å². The van der Waals surface area contributed by atoms with E-state index in [4.69, 9.17) is 10.2 Å². The van der Waals surface area contributed by atoms with Crippen molar-refractivity contribution in [3.8, 4) is 0 Å². The van der Waals surface area contributed by atoms with Gasteiger partial charge in [0.25, 0.3) is 0 Å². The van der Waals surface area contributed by atoms with E-state index in [1.807, 2.05) is 24.3 Å². The molecule has 0 saturated carbocycles. The number of nitrogens with two attached hydrogens (primary N) is 1. The minimum atomic E-state index is 0.482. The summed E-state index contributed by atoms with van der Waals surface area (Å²) >= 11 is 0. The minimum Gasteiger partial charge on any atom is -0.468 e. The molecule has 0 aliphatic carbocycles. The zero-order valence-electron chi connectivity index (χ0n) is 9.97. The van der Waals surface area contributed by atoms with Crippen LogP contribution in [0.15, 0.2) is 41.1 Å². The van der Waals surface area contributed by atoms with Crippen molar-refractivity contribution in [3.05, 3.63) is 53.7 Å². The van der Waals surface area contributed by atoms with Crippen LogP contribution in [0.4, 0.5) is 0 Å². The largest absolute Gasteiger partial charge is 0.468 e. The molecule has 0 aliphatic heterocycles. The zero-order chi connectivity index (χ0) is 12.1. The molecular weight excluding hydrogens is 214 g/mol. The van der Waals surface area contributed by atoms with Crippen LogP contribution in [-0.2, 0) is 19.6 Å². The molecule has 0 aromatic carbocycles. The molecule has 2 heterocycles. The molecule has 17 heavy (non-hydrogen) atoms. The number of aromatic nitrogens is 1. The molecule has 2 N–H and O–H groups in total. The van der Waals surface area contributed by atoms with Crippen LogP contribution in [-0.4, -0.2) is 16.9 Å². The number of furan rings is 1. The van der Waals surface area contributed by atoms with Crippen molar-refractivity contribution in [1.29, 1.82) is 0 Å². The second-order valence-corrected chi connectivity index (χ2v) is 4.11. The summed E-state index contributed by atoms with van der Waals surface area (Å²) in [6.07, 6.45) is 3.50. The van der Waals surface area contributed by atoms with Gasteiger partial charge >= 0.3 is 0 Å². The third kappa shape index (κ3) is 3.41. The quantitative estimate of drug-likeness (QED) is 0.852. The smallest absolute Gasteiger partial charge is 0.117 e. The van der Waals surface area contributed by atoms with Gasteiger partial charge < -0.3 is 10.2 Å². The maximum Gasteiger partial charge on any atom is 0.117 e. The van der Waals surface area contributed by atoms with E-state index in [-0.39, 0.29) is 0 Å². The highest BCUT2D eigenvalue weighted by molar-refractivity contribution is 5.16. The van der Waals surface area contributed by atoms with E-state index in [2.05, 4.69) is 16.9 Å². The van der Waals surface area contributed by atoms with Gasteiger partial charge in [-0.1, -0.05) is 0 Å². The Labute approximate surface area is 101 Å². The van der Waals surface area contributed by atoms with E-state index in [1.165, 1.54) is 5.56 Å². The van der Waals surface area contributed by atoms with Crippen molar-refractivity contribution in [2.75, 3.05) is 7.05 Å². The fourth-order valence-corrected chi connectivity index (χ4v) is 1.77. The number of hydrogen-bond acceptors (Lipinski definition) is 4. The topological polar surface area (TPSA) is 55.3 Å². The van der Waals surface area contributed by atoms with E-state index in [0.29, 0.717) is 6.54 Å². The lowest BCUT2D eigenvalue weighted by Gasteiger charge is -2.15. The van der Waals surface area contributed by atoms with Crippen LogP contribution in [0.3, 0.4) is 0 Å². The maximum absolute atomic E-state index is 5.57. The number of hydrogen-bond donors (Lipinski definition) is 1. The van der Waals surface area contributed by atoms with Crippen LogP contribution < -0.4 is 5.73 Å². The summed E-state index contributed by atoms with van der Waals surface area (Å²) in [7, 11) is 2.06. The summed E-state index contributed by atoms with van der Waals surface area (Å²) in [5, 5.41) is 0. The minimum absolute atomic E-state index is 0.482. The molecule has 0 spiro atoms. The molecule has 0 saturated heterocycles. The lowest BCUT2D eigenvalue weighted by atomic mass is 10.2. The van der Waals surface area contributed by atoms with E-state index in [1.54, 1.807) is 12.5 Å². The Morgan fingerprint density at radius 1 is 1.35 bits per heavy atom. The van der Waals surface area contributed by atoms with E-state index in [9.17, 15) is 0 Å². The molecule has 0 amide bonds. The molecule has 0 unspecified atom stereocenters. The zero-order valence-corrected chi connectivity index (χ0v) is 9.97. The van der Waals surface area contributed by atoms with Crippen LogP contribution in [0.5, 0.6) is 0 Å². The summed E-state index contributed by atoms with van der Waals surface area (Å²) < 4.78 is 5.31. The molecule has 2 rings (SSSR count). The highest BCUT2D eigenvalue weighted by Crippen LogP contribution is 2.09. The van der Waals surface area contributed by atoms with Crippen molar-refractivity contribution in [2.24, 2.45) is 5.73 Å². The Morgan fingerprint density at radius 2 is 2.24 bits per heavy atom. The molecule has 2 aromatic heterocycles. The molecule has 2 aromatic rings. The van der Waals surface area contributed by atoms with Crippen LogP contribution in [0.1, 0.15) is 17.0 Å². The Morgan fingerprint density at radius 3 is 2.94 bits per heavy atom. The van der Waals surface area contributed by atoms with Gasteiger partial charge in [0.05, 0.1) is 18.5 Å². The second-order valence-electron chi connectivity index (χ2n) is 4.11. The highest BCUT2D eigenvalue weighted by Gasteiger charge is 2.04. The lowest BCUT2D eigenvalue weighted by molar-refractivity contribution is 0.287. The normalized spacial score (nSPS) is 11.0. The number of pyridine rings is 1. The first-order chi connectivity index (χ1) is 8.28. The van der Waals surface area contributed by atoms with Crippen LogP contribution in [0, 0.1) is 0 Å². The SMILES string of the molecule is CN(Cc1ccnc(CN)c1)Cc1ccco1.